The molecular formula is C19H24N2O5. The Kier molecular flexibility index (Phi) is 5.00. The summed E-state index contributed by atoms with van der Waals surface area (Å²) in [4.78, 5) is 43.8. The molecule has 3 amide bonds. The molecule has 0 bridgehead atoms. The van der Waals surface area contributed by atoms with Crippen LogP contribution < -0.4 is 0 Å². The highest BCUT2D eigenvalue weighted by molar-refractivity contribution is 6.20. The number of likely N-dealkylation sites (tertiary alicyclic amines) is 1. The summed E-state index contributed by atoms with van der Waals surface area (Å²) in [6.07, 6.45) is 1.17. The van der Waals surface area contributed by atoms with Gasteiger partial charge in [-0.15, -0.1) is 5.06 Å². The molecule has 0 unspecified atom stereocenters. The van der Waals surface area contributed by atoms with Crippen LogP contribution in [0, 0.1) is 5.92 Å². The lowest BCUT2D eigenvalue weighted by Gasteiger charge is -2.33. The van der Waals surface area contributed by atoms with Crippen LogP contribution in [-0.4, -0.2) is 53.2 Å². The molecule has 1 fully saturated rings. The Balaban J connectivity index is 1.48. The number of imide groups is 1. The van der Waals surface area contributed by atoms with Crippen LogP contribution in [0.2, 0.25) is 0 Å². The van der Waals surface area contributed by atoms with Gasteiger partial charge in [-0.3, -0.25) is 14.4 Å². The summed E-state index contributed by atoms with van der Waals surface area (Å²) in [7, 11) is 0. The molecule has 0 aromatic heterocycles. The quantitative estimate of drug-likeness (QED) is 0.775. The van der Waals surface area contributed by atoms with Crippen molar-refractivity contribution >= 4 is 17.9 Å². The number of piperidine rings is 1. The zero-order valence-corrected chi connectivity index (χ0v) is 15.4. The lowest BCUT2D eigenvalue weighted by Crippen LogP contribution is -2.43. The number of ether oxygens (including phenoxy) is 1. The van der Waals surface area contributed by atoms with Gasteiger partial charge in [0, 0.05) is 13.1 Å². The van der Waals surface area contributed by atoms with Gasteiger partial charge in [-0.1, -0.05) is 12.1 Å². The minimum atomic E-state index is -0.511. The maximum atomic E-state index is 12.3. The topological polar surface area (TPSA) is 76.2 Å². The van der Waals surface area contributed by atoms with Gasteiger partial charge in [-0.25, -0.2) is 4.79 Å². The van der Waals surface area contributed by atoms with E-state index in [-0.39, 0.29) is 18.6 Å². The summed E-state index contributed by atoms with van der Waals surface area (Å²) in [5, 5.41) is 0.852. The van der Waals surface area contributed by atoms with Crippen molar-refractivity contribution in [2.75, 3.05) is 19.7 Å². The minimum Gasteiger partial charge on any atom is -0.444 e. The number of amides is 3. The fraction of sp³-hybridized carbons (Fsp3) is 0.526. The zero-order valence-electron chi connectivity index (χ0n) is 15.4. The van der Waals surface area contributed by atoms with Crippen LogP contribution >= 0.6 is 0 Å². The Bertz CT molecular complexity index is 682. The second-order valence-corrected chi connectivity index (χ2v) is 7.66. The third-order valence-corrected chi connectivity index (χ3v) is 4.46. The van der Waals surface area contributed by atoms with Gasteiger partial charge >= 0.3 is 6.09 Å². The van der Waals surface area contributed by atoms with Crippen LogP contribution in [0.3, 0.4) is 0 Å². The number of hydrogen-bond acceptors (Lipinski definition) is 5. The summed E-state index contributed by atoms with van der Waals surface area (Å²) >= 11 is 0. The van der Waals surface area contributed by atoms with Gasteiger partial charge in [0.1, 0.15) is 5.60 Å². The van der Waals surface area contributed by atoms with E-state index in [1.165, 1.54) is 0 Å². The van der Waals surface area contributed by atoms with Crippen molar-refractivity contribution in [3.63, 3.8) is 0 Å². The highest BCUT2D eigenvalue weighted by Gasteiger charge is 2.37. The van der Waals surface area contributed by atoms with Crippen molar-refractivity contribution in [3.05, 3.63) is 35.4 Å². The molecule has 2 heterocycles. The standard InChI is InChI=1S/C19H24N2O5/c1-19(2,3)26-18(24)20-10-8-13(9-11-20)12-25-21-16(22)14-6-4-5-7-15(14)17(21)23/h4-7,13H,8-12H2,1-3H3. The van der Waals surface area contributed by atoms with Crippen LogP contribution in [0.15, 0.2) is 24.3 Å². The molecule has 1 aromatic rings. The molecular weight excluding hydrogens is 336 g/mol. The van der Waals surface area contributed by atoms with Gasteiger partial charge in [0.2, 0.25) is 0 Å². The van der Waals surface area contributed by atoms with E-state index in [1.54, 1.807) is 29.2 Å². The molecule has 7 heteroatoms. The largest absolute Gasteiger partial charge is 0.444 e. The molecule has 0 atom stereocenters. The molecule has 2 aliphatic heterocycles. The molecule has 1 saturated heterocycles. The van der Waals surface area contributed by atoms with Gasteiger partial charge in [-0.05, 0) is 51.7 Å². The molecule has 3 rings (SSSR count). The number of carbonyl (C=O) groups is 3. The SMILES string of the molecule is CC(C)(C)OC(=O)N1CCC(CON2C(=O)c3ccccc3C2=O)CC1. The van der Waals surface area contributed by atoms with E-state index in [0.717, 1.165) is 17.9 Å². The highest BCUT2D eigenvalue weighted by atomic mass is 16.7. The first-order chi connectivity index (χ1) is 12.3. The van der Waals surface area contributed by atoms with Crippen molar-refractivity contribution in [3.8, 4) is 0 Å². The fourth-order valence-corrected chi connectivity index (χ4v) is 3.07. The van der Waals surface area contributed by atoms with Crippen molar-refractivity contribution in [1.29, 1.82) is 0 Å². The second kappa shape index (κ2) is 7.07. The maximum absolute atomic E-state index is 12.3. The minimum absolute atomic E-state index is 0.179. The second-order valence-electron chi connectivity index (χ2n) is 7.66. The molecule has 0 saturated carbocycles. The van der Waals surface area contributed by atoms with Crippen LogP contribution in [0.1, 0.15) is 54.3 Å². The van der Waals surface area contributed by atoms with E-state index in [1.807, 2.05) is 20.8 Å². The Morgan fingerprint density at radius 1 is 1.08 bits per heavy atom. The van der Waals surface area contributed by atoms with E-state index < -0.39 is 17.4 Å². The van der Waals surface area contributed by atoms with E-state index in [9.17, 15) is 14.4 Å². The predicted octanol–water partition coefficient (Wildman–Crippen LogP) is 2.86. The van der Waals surface area contributed by atoms with Crippen LogP contribution in [0.5, 0.6) is 0 Å². The van der Waals surface area contributed by atoms with Crippen LogP contribution in [-0.2, 0) is 9.57 Å². The number of rotatable bonds is 3. The third kappa shape index (κ3) is 3.88. The molecule has 1 aromatic carbocycles. The molecule has 0 aliphatic carbocycles. The number of nitrogens with zero attached hydrogens (tertiary/aromatic N) is 2. The molecule has 0 spiro atoms. The number of benzene rings is 1. The Hall–Kier alpha value is -2.41. The van der Waals surface area contributed by atoms with Crippen LogP contribution in [0.25, 0.3) is 0 Å². The Labute approximate surface area is 152 Å². The summed E-state index contributed by atoms with van der Waals surface area (Å²) in [5.41, 5.74) is 0.234. The maximum Gasteiger partial charge on any atom is 0.410 e. The van der Waals surface area contributed by atoms with Gasteiger partial charge in [-0.2, -0.15) is 0 Å². The lowest BCUT2D eigenvalue weighted by molar-refractivity contribution is -0.107. The number of carbonyl (C=O) groups excluding carboxylic acids is 3. The normalized spacial score (nSPS) is 18.3. The fourth-order valence-electron chi connectivity index (χ4n) is 3.07. The van der Waals surface area contributed by atoms with Crippen molar-refractivity contribution in [2.24, 2.45) is 5.92 Å². The molecule has 140 valence electrons. The third-order valence-electron chi connectivity index (χ3n) is 4.46. The van der Waals surface area contributed by atoms with Crippen molar-refractivity contribution < 1.29 is 24.0 Å². The number of fused-ring (bicyclic) bond motifs is 1. The van der Waals surface area contributed by atoms with E-state index in [2.05, 4.69) is 0 Å². The molecule has 0 radical (unpaired) electrons. The summed E-state index contributed by atoms with van der Waals surface area (Å²) in [6.45, 7) is 6.94. The molecule has 7 nitrogen and oxygen atoms in total. The van der Waals surface area contributed by atoms with E-state index in [0.29, 0.717) is 24.2 Å². The van der Waals surface area contributed by atoms with Crippen molar-refractivity contribution in [2.45, 2.75) is 39.2 Å². The first kappa shape index (κ1) is 18.4. The highest BCUT2D eigenvalue weighted by Crippen LogP contribution is 2.25. The molecule has 2 aliphatic rings. The number of hydroxylamine groups is 2. The average molecular weight is 360 g/mol. The van der Waals surface area contributed by atoms with Gasteiger partial charge in [0.15, 0.2) is 0 Å². The monoisotopic (exact) mass is 360 g/mol. The molecule has 26 heavy (non-hydrogen) atoms. The lowest BCUT2D eigenvalue weighted by atomic mass is 9.98. The Morgan fingerprint density at radius 2 is 1.62 bits per heavy atom. The molecule has 0 N–H and O–H groups in total. The average Bonchev–Trinajstić information content (AvgIpc) is 2.83. The van der Waals surface area contributed by atoms with Gasteiger partial charge in [0.25, 0.3) is 11.8 Å². The summed E-state index contributed by atoms with van der Waals surface area (Å²) in [6, 6.07) is 6.69. The predicted molar refractivity (Wildman–Crippen MR) is 93.4 cm³/mol. The number of hydrogen-bond donors (Lipinski definition) is 0. The summed E-state index contributed by atoms with van der Waals surface area (Å²) in [5.74, 6) is -0.661. The Morgan fingerprint density at radius 3 is 2.12 bits per heavy atom. The van der Waals surface area contributed by atoms with Crippen LogP contribution in [0.4, 0.5) is 4.79 Å². The van der Waals surface area contributed by atoms with E-state index >= 15 is 0 Å². The van der Waals surface area contributed by atoms with Gasteiger partial charge < -0.3 is 9.64 Å². The summed E-state index contributed by atoms with van der Waals surface area (Å²) < 4.78 is 5.38. The first-order valence-corrected chi connectivity index (χ1v) is 8.85. The van der Waals surface area contributed by atoms with Crippen molar-refractivity contribution in [1.82, 2.24) is 9.96 Å². The van der Waals surface area contributed by atoms with E-state index in [4.69, 9.17) is 9.57 Å². The van der Waals surface area contributed by atoms with Gasteiger partial charge in [0.05, 0.1) is 17.7 Å². The first-order valence-electron chi connectivity index (χ1n) is 8.85. The zero-order chi connectivity index (χ0) is 18.9. The smallest absolute Gasteiger partial charge is 0.410 e.